The van der Waals surface area contributed by atoms with E-state index in [0.717, 1.165) is 10.7 Å². The van der Waals surface area contributed by atoms with Crippen molar-refractivity contribution in [2.24, 2.45) is 0 Å². The Morgan fingerprint density at radius 3 is 2.35 bits per heavy atom. The van der Waals surface area contributed by atoms with Crippen molar-refractivity contribution in [3.8, 4) is 16.3 Å². The van der Waals surface area contributed by atoms with Gasteiger partial charge >= 0.3 is 6.18 Å². The largest absolute Gasteiger partial charge is 0.433 e. The van der Waals surface area contributed by atoms with E-state index in [1.165, 1.54) is 11.3 Å². The van der Waals surface area contributed by atoms with Gasteiger partial charge in [-0.25, -0.2) is 4.68 Å². The van der Waals surface area contributed by atoms with Crippen LogP contribution in [0.3, 0.4) is 0 Å². The molecule has 0 aliphatic rings. The molecular weight excluding hydrogens is 285 g/mol. The Bertz CT molecular complexity index is 700. The summed E-state index contributed by atoms with van der Waals surface area (Å²) in [6, 6.07) is 13.2. The van der Waals surface area contributed by atoms with Gasteiger partial charge in [0.15, 0.2) is 0 Å². The van der Waals surface area contributed by atoms with Crippen LogP contribution in [-0.4, -0.2) is 9.78 Å². The number of halogens is 3. The Labute approximate surface area is 117 Å². The summed E-state index contributed by atoms with van der Waals surface area (Å²) in [4.78, 5) is 0. The fraction of sp³-hybridized carbons (Fsp3) is 0.0714. The van der Waals surface area contributed by atoms with Gasteiger partial charge in [0.2, 0.25) is 0 Å². The molecule has 0 aliphatic heterocycles. The van der Waals surface area contributed by atoms with Gasteiger partial charge in [-0.3, -0.25) is 0 Å². The normalized spacial score (nSPS) is 11.8. The van der Waals surface area contributed by atoms with Gasteiger partial charge in [0.1, 0.15) is 10.7 Å². The maximum absolute atomic E-state index is 13.1. The lowest BCUT2D eigenvalue weighted by atomic mass is 10.1. The zero-order valence-corrected chi connectivity index (χ0v) is 10.9. The third-order valence-electron chi connectivity index (χ3n) is 2.78. The standard InChI is InChI=1S/C14H9F3N2S/c15-14(16,17)12-9-11(10-5-2-1-3-6-10)18-19(12)13-7-4-8-20-13/h1-9H. The Morgan fingerprint density at radius 2 is 1.75 bits per heavy atom. The fourth-order valence-corrected chi connectivity index (χ4v) is 2.58. The molecule has 0 amide bonds. The Kier molecular flexibility index (Phi) is 3.10. The predicted molar refractivity (Wildman–Crippen MR) is 71.9 cm³/mol. The molecule has 0 spiro atoms. The second kappa shape index (κ2) is 4.79. The van der Waals surface area contributed by atoms with Crippen molar-refractivity contribution in [3.05, 3.63) is 59.6 Å². The smallest absolute Gasteiger partial charge is 0.218 e. The number of thiophene rings is 1. The average molecular weight is 294 g/mol. The minimum Gasteiger partial charge on any atom is -0.218 e. The summed E-state index contributed by atoms with van der Waals surface area (Å²) in [6.45, 7) is 0. The molecule has 1 aromatic carbocycles. The molecule has 0 bridgehead atoms. The fourth-order valence-electron chi connectivity index (χ4n) is 1.89. The summed E-state index contributed by atoms with van der Waals surface area (Å²) < 4.78 is 40.3. The van der Waals surface area contributed by atoms with Crippen LogP contribution in [0.2, 0.25) is 0 Å². The molecule has 0 aliphatic carbocycles. The Balaban J connectivity index is 2.17. The highest BCUT2D eigenvalue weighted by molar-refractivity contribution is 7.12. The molecule has 6 heteroatoms. The van der Waals surface area contributed by atoms with Crippen LogP contribution in [0.5, 0.6) is 0 Å². The van der Waals surface area contributed by atoms with E-state index >= 15 is 0 Å². The van der Waals surface area contributed by atoms with Gasteiger partial charge < -0.3 is 0 Å². The second-order valence-electron chi connectivity index (χ2n) is 4.14. The summed E-state index contributed by atoms with van der Waals surface area (Å²) in [5.41, 5.74) is 0.207. The number of hydrogen-bond acceptors (Lipinski definition) is 2. The van der Waals surface area contributed by atoms with Crippen LogP contribution in [0.15, 0.2) is 53.9 Å². The van der Waals surface area contributed by atoms with Gasteiger partial charge in [0, 0.05) is 5.56 Å². The van der Waals surface area contributed by atoms with Crippen molar-refractivity contribution in [1.82, 2.24) is 9.78 Å². The topological polar surface area (TPSA) is 17.8 Å². The van der Waals surface area contributed by atoms with Gasteiger partial charge in [-0.15, -0.1) is 11.3 Å². The Hall–Kier alpha value is -2.08. The molecule has 2 nitrogen and oxygen atoms in total. The molecule has 0 fully saturated rings. The van der Waals surface area contributed by atoms with E-state index in [4.69, 9.17) is 0 Å². The number of hydrogen-bond donors (Lipinski definition) is 0. The van der Waals surface area contributed by atoms with Crippen LogP contribution in [-0.2, 0) is 6.18 Å². The third-order valence-corrected chi connectivity index (χ3v) is 3.63. The monoisotopic (exact) mass is 294 g/mol. The molecular formula is C14H9F3N2S. The number of aromatic nitrogens is 2. The van der Waals surface area contributed by atoms with E-state index in [1.807, 2.05) is 6.07 Å². The first-order valence-electron chi connectivity index (χ1n) is 5.82. The molecule has 2 aromatic heterocycles. The van der Waals surface area contributed by atoms with Crippen molar-refractivity contribution >= 4 is 11.3 Å². The number of benzene rings is 1. The van der Waals surface area contributed by atoms with E-state index in [1.54, 1.807) is 41.8 Å². The van der Waals surface area contributed by atoms with Crippen molar-refractivity contribution < 1.29 is 13.2 Å². The average Bonchev–Trinajstić information content (AvgIpc) is 3.08. The van der Waals surface area contributed by atoms with Crippen LogP contribution in [0.4, 0.5) is 13.2 Å². The first-order valence-corrected chi connectivity index (χ1v) is 6.70. The summed E-state index contributed by atoms with van der Waals surface area (Å²) in [5, 5.41) is 6.26. The lowest BCUT2D eigenvalue weighted by Crippen LogP contribution is -2.12. The lowest BCUT2D eigenvalue weighted by Gasteiger charge is -2.07. The number of nitrogens with zero attached hydrogens (tertiary/aromatic N) is 2. The van der Waals surface area contributed by atoms with E-state index in [2.05, 4.69) is 5.10 Å². The van der Waals surface area contributed by atoms with Crippen LogP contribution >= 0.6 is 11.3 Å². The van der Waals surface area contributed by atoms with E-state index in [9.17, 15) is 13.2 Å². The van der Waals surface area contributed by atoms with Crippen molar-refractivity contribution in [2.75, 3.05) is 0 Å². The first kappa shape index (κ1) is 12.9. The molecule has 0 N–H and O–H groups in total. The highest BCUT2D eigenvalue weighted by Crippen LogP contribution is 2.34. The first-order chi connectivity index (χ1) is 9.55. The van der Waals surface area contributed by atoms with E-state index in [0.29, 0.717) is 16.3 Å². The highest BCUT2D eigenvalue weighted by atomic mass is 32.1. The maximum Gasteiger partial charge on any atom is 0.433 e. The quantitative estimate of drug-likeness (QED) is 0.674. The van der Waals surface area contributed by atoms with E-state index < -0.39 is 11.9 Å². The predicted octanol–water partition coefficient (Wildman–Crippen LogP) is 4.62. The SMILES string of the molecule is FC(F)(F)c1cc(-c2ccccc2)nn1-c1cccs1. The van der Waals surface area contributed by atoms with Crippen LogP contribution in [0, 0.1) is 0 Å². The summed E-state index contributed by atoms with van der Waals surface area (Å²) in [7, 11) is 0. The summed E-state index contributed by atoms with van der Waals surface area (Å²) in [6.07, 6.45) is -4.44. The molecule has 3 rings (SSSR count). The molecule has 102 valence electrons. The molecule has 2 heterocycles. The number of rotatable bonds is 2. The molecule has 0 unspecified atom stereocenters. The minimum absolute atomic E-state index is 0.311. The van der Waals surface area contributed by atoms with Crippen molar-refractivity contribution in [1.29, 1.82) is 0 Å². The van der Waals surface area contributed by atoms with Crippen molar-refractivity contribution in [2.45, 2.75) is 6.18 Å². The van der Waals surface area contributed by atoms with Crippen LogP contribution in [0.25, 0.3) is 16.3 Å². The highest BCUT2D eigenvalue weighted by Gasteiger charge is 2.36. The van der Waals surface area contributed by atoms with Gasteiger partial charge in [-0.2, -0.15) is 18.3 Å². The Morgan fingerprint density at radius 1 is 1.00 bits per heavy atom. The van der Waals surface area contributed by atoms with Gasteiger partial charge in [0.05, 0.1) is 5.69 Å². The van der Waals surface area contributed by atoms with Gasteiger partial charge in [0.25, 0.3) is 0 Å². The number of alkyl halides is 3. The molecule has 20 heavy (non-hydrogen) atoms. The third kappa shape index (κ3) is 2.34. The second-order valence-corrected chi connectivity index (χ2v) is 5.07. The molecule has 0 atom stereocenters. The lowest BCUT2D eigenvalue weighted by molar-refractivity contribution is -0.142. The molecule has 0 saturated heterocycles. The summed E-state index contributed by atoms with van der Waals surface area (Å²) >= 11 is 1.22. The molecule has 3 aromatic rings. The van der Waals surface area contributed by atoms with Gasteiger partial charge in [-0.1, -0.05) is 30.3 Å². The summed E-state index contributed by atoms with van der Waals surface area (Å²) in [5.74, 6) is 0. The zero-order chi connectivity index (χ0) is 14.2. The maximum atomic E-state index is 13.1. The van der Waals surface area contributed by atoms with E-state index in [-0.39, 0.29) is 0 Å². The zero-order valence-electron chi connectivity index (χ0n) is 10.1. The molecule has 0 radical (unpaired) electrons. The van der Waals surface area contributed by atoms with Gasteiger partial charge in [-0.05, 0) is 23.6 Å². The van der Waals surface area contributed by atoms with Crippen molar-refractivity contribution in [3.63, 3.8) is 0 Å². The van der Waals surface area contributed by atoms with Crippen LogP contribution in [0.1, 0.15) is 5.69 Å². The minimum atomic E-state index is -4.44. The van der Waals surface area contributed by atoms with Crippen LogP contribution < -0.4 is 0 Å². The molecule has 0 saturated carbocycles.